The molecule has 3 nitrogen and oxygen atoms in total. The Morgan fingerprint density at radius 2 is 2.31 bits per heavy atom. The van der Waals surface area contributed by atoms with Crippen LogP contribution in [0.1, 0.15) is 16.8 Å². The number of aromatic hydroxyl groups is 1. The van der Waals surface area contributed by atoms with Crippen LogP contribution >= 0.6 is 15.9 Å². The van der Waals surface area contributed by atoms with Crippen LogP contribution in [0.4, 0.5) is 0 Å². The summed E-state index contributed by atoms with van der Waals surface area (Å²) >= 11 is 3.11. The highest BCUT2D eigenvalue weighted by molar-refractivity contribution is 9.11. The standard InChI is InChI=1S/C9H10BrNO2/c1-6-9(13)8(2-3-10)7(5-12)4-11-6/h2-4,12-13H,5H2,1H3/b3-2+. The number of rotatable bonds is 2. The van der Waals surface area contributed by atoms with Gasteiger partial charge in [0.05, 0.1) is 12.3 Å². The van der Waals surface area contributed by atoms with Gasteiger partial charge in [-0.2, -0.15) is 0 Å². The first-order chi connectivity index (χ1) is 6.20. The fourth-order valence-electron chi connectivity index (χ4n) is 1.03. The van der Waals surface area contributed by atoms with Crippen LogP contribution in [0, 0.1) is 6.92 Å². The van der Waals surface area contributed by atoms with Crippen molar-refractivity contribution >= 4 is 22.0 Å². The molecule has 4 heteroatoms. The van der Waals surface area contributed by atoms with Crippen LogP contribution < -0.4 is 0 Å². The van der Waals surface area contributed by atoms with Crippen LogP contribution in [0.15, 0.2) is 11.2 Å². The van der Waals surface area contributed by atoms with Gasteiger partial charge in [0.25, 0.3) is 0 Å². The molecule has 0 saturated heterocycles. The lowest BCUT2D eigenvalue weighted by atomic mass is 10.1. The maximum absolute atomic E-state index is 9.59. The second-order valence-corrected chi connectivity index (χ2v) is 3.11. The lowest BCUT2D eigenvalue weighted by Crippen LogP contribution is -1.93. The van der Waals surface area contributed by atoms with E-state index in [1.807, 2.05) is 0 Å². The first kappa shape index (κ1) is 10.2. The number of aryl methyl sites for hydroxylation is 1. The molecule has 1 aromatic rings. The molecule has 0 aliphatic carbocycles. The molecule has 2 N–H and O–H groups in total. The van der Waals surface area contributed by atoms with Crippen molar-refractivity contribution in [2.24, 2.45) is 0 Å². The zero-order chi connectivity index (χ0) is 9.84. The molecule has 0 aliphatic rings. The maximum atomic E-state index is 9.59. The Hall–Kier alpha value is -0.870. The molecule has 0 saturated carbocycles. The molecule has 0 atom stereocenters. The predicted octanol–water partition coefficient (Wildman–Crippen LogP) is 1.95. The summed E-state index contributed by atoms with van der Waals surface area (Å²) < 4.78 is 0. The summed E-state index contributed by atoms with van der Waals surface area (Å²) in [6.07, 6.45) is 3.23. The SMILES string of the molecule is Cc1ncc(CO)c(/C=C/Br)c1O. The summed E-state index contributed by atoms with van der Waals surface area (Å²) in [7, 11) is 0. The summed E-state index contributed by atoms with van der Waals surface area (Å²) in [5, 5.41) is 18.6. The number of halogens is 1. The van der Waals surface area contributed by atoms with Gasteiger partial charge < -0.3 is 10.2 Å². The quantitative estimate of drug-likeness (QED) is 0.835. The minimum Gasteiger partial charge on any atom is -0.505 e. The van der Waals surface area contributed by atoms with E-state index < -0.39 is 0 Å². The minimum absolute atomic E-state index is 0.113. The zero-order valence-electron chi connectivity index (χ0n) is 7.16. The number of hydrogen-bond donors (Lipinski definition) is 2. The van der Waals surface area contributed by atoms with Gasteiger partial charge in [-0.3, -0.25) is 4.98 Å². The lowest BCUT2D eigenvalue weighted by molar-refractivity contribution is 0.280. The van der Waals surface area contributed by atoms with E-state index in [-0.39, 0.29) is 12.4 Å². The molecular formula is C9H10BrNO2. The molecule has 70 valence electrons. The third kappa shape index (κ3) is 2.08. The highest BCUT2D eigenvalue weighted by Gasteiger charge is 2.07. The Morgan fingerprint density at radius 1 is 1.62 bits per heavy atom. The van der Waals surface area contributed by atoms with E-state index >= 15 is 0 Å². The van der Waals surface area contributed by atoms with Crippen LogP contribution in [-0.2, 0) is 6.61 Å². The lowest BCUT2D eigenvalue weighted by Gasteiger charge is -2.06. The van der Waals surface area contributed by atoms with Gasteiger partial charge in [-0.25, -0.2) is 0 Å². The molecule has 0 bridgehead atoms. The number of hydrogen-bond acceptors (Lipinski definition) is 3. The van der Waals surface area contributed by atoms with Crippen LogP contribution in [0.5, 0.6) is 5.75 Å². The van der Waals surface area contributed by atoms with Gasteiger partial charge >= 0.3 is 0 Å². The smallest absolute Gasteiger partial charge is 0.144 e. The first-order valence-electron chi connectivity index (χ1n) is 3.75. The molecule has 1 aromatic heterocycles. The van der Waals surface area contributed by atoms with E-state index in [0.29, 0.717) is 16.8 Å². The Morgan fingerprint density at radius 3 is 2.85 bits per heavy atom. The second kappa shape index (κ2) is 4.39. The van der Waals surface area contributed by atoms with E-state index in [4.69, 9.17) is 5.11 Å². The van der Waals surface area contributed by atoms with E-state index in [2.05, 4.69) is 20.9 Å². The third-order valence-corrected chi connectivity index (χ3v) is 2.02. The van der Waals surface area contributed by atoms with Crippen molar-refractivity contribution in [1.82, 2.24) is 4.98 Å². The van der Waals surface area contributed by atoms with Crippen molar-refractivity contribution in [3.63, 3.8) is 0 Å². The van der Waals surface area contributed by atoms with Crippen LogP contribution in [0.2, 0.25) is 0 Å². The Kier molecular flexibility index (Phi) is 3.45. The van der Waals surface area contributed by atoms with Crippen LogP contribution in [0.25, 0.3) is 6.08 Å². The zero-order valence-corrected chi connectivity index (χ0v) is 8.74. The molecule has 0 radical (unpaired) electrons. The van der Waals surface area contributed by atoms with Crippen molar-refractivity contribution in [2.75, 3.05) is 0 Å². The fourth-order valence-corrected chi connectivity index (χ4v) is 1.29. The highest BCUT2D eigenvalue weighted by Crippen LogP contribution is 2.25. The molecule has 1 rings (SSSR count). The largest absolute Gasteiger partial charge is 0.505 e. The summed E-state index contributed by atoms with van der Waals surface area (Å²) in [6, 6.07) is 0. The average Bonchev–Trinajstić information content (AvgIpc) is 2.14. The van der Waals surface area contributed by atoms with Crippen molar-refractivity contribution in [3.05, 3.63) is 28.0 Å². The van der Waals surface area contributed by atoms with Crippen LogP contribution in [-0.4, -0.2) is 15.2 Å². The van der Waals surface area contributed by atoms with Gasteiger partial charge in [0.1, 0.15) is 5.75 Å². The molecule has 0 aliphatic heterocycles. The fraction of sp³-hybridized carbons (Fsp3) is 0.222. The Labute approximate surface area is 84.9 Å². The van der Waals surface area contributed by atoms with E-state index in [1.54, 1.807) is 24.2 Å². The maximum Gasteiger partial charge on any atom is 0.144 e. The number of aliphatic hydroxyl groups is 1. The van der Waals surface area contributed by atoms with Gasteiger partial charge in [-0.05, 0) is 18.0 Å². The van der Waals surface area contributed by atoms with Crippen LogP contribution in [0.3, 0.4) is 0 Å². The van der Waals surface area contributed by atoms with E-state index in [0.717, 1.165) is 0 Å². The predicted molar refractivity (Wildman–Crippen MR) is 54.5 cm³/mol. The summed E-state index contributed by atoms with van der Waals surface area (Å²) in [5.41, 5.74) is 1.77. The number of pyridine rings is 1. The Balaban J connectivity index is 3.32. The van der Waals surface area contributed by atoms with Gasteiger partial charge in [-0.1, -0.05) is 15.9 Å². The third-order valence-electron chi connectivity index (χ3n) is 1.76. The Bertz CT molecular complexity index is 337. The van der Waals surface area contributed by atoms with Gasteiger partial charge in [0.2, 0.25) is 0 Å². The van der Waals surface area contributed by atoms with Gasteiger partial charge in [0.15, 0.2) is 0 Å². The molecule has 0 amide bonds. The number of aromatic nitrogens is 1. The van der Waals surface area contributed by atoms with Gasteiger partial charge in [0, 0.05) is 17.3 Å². The molecule has 1 heterocycles. The van der Waals surface area contributed by atoms with Crippen molar-refractivity contribution in [1.29, 1.82) is 0 Å². The number of nitrogens with zero attached hydrogens (tertiary/aromatic N) is 1. The normalized spacial score (nSPS) is 11.0. The first-order valence-corrected chi connectivity index (χ1v) is 4.67. The van der Waals surface area contributed by atoms with Crippen molar-refractivity contribution < 1.29 is 10.2 Å². The summed E-state index contributed by atoms with van der Waals surface area (Å²) in [4.78, 5) is 5.56. The second-order valence-electron chi connectivity index (χ2n) is 2.58. The topological polar surface area (TPSA) is 53.4 Å². The number of aliphatic hydroxyl groups excluding tert-OH is 1. The molecular weight excluding hydrogens is 234 g/mol. The van der Waals surface area contributed by atoms with E-state index in [9.17, 15) is 5.11 Å². The summed E-state index contributed by atoms with van der Waals surface area (Å²) in [5.74, 6) is 0.113. The monoisotopic (exact) mass is 243 g/mol. The molecule has 0 unspecified atom stereocenters. The van der Waals surface area contributed by atoms with E-state index in [1.165, 1.54) is 0 Å². The molecule has 0 fully saturated rings. The molecule has 13 heavy (non-hydrogen) atoms. The van der Waals surface area contributed by atoms with Crippen molar-refractivity contribution in [3.8, 4) is 5.75 Å². The minimum atomic E-state index is -0.131. The van der Waals surface area contributed by atoms with Gasteiger partial charge in [-0.15, -0.1) is 0 Å². The summed E-state index contributed by atoms with van der Waals surface area (Å²) in [6.45, 7) is 1.58. The average molecular weight is 244 g/mol. The molecule has 0 spiro atoms. The van der Waals surface area contributed by atoms with Crippen molar-refractivity contribution in [2.45, 2.75) is 13.5 Å². The highest BCUT2D eigenvalue weighted by atomic mass is 79.9. The molecule has 0 aromatic carbocycles.